The van der Waals surface area contributed by atoms with Crippen molar-refractivity contribution < 1.29 is 19.1 Å². The van der Waals surface area contributed by atoms with Crippen LogP contribution in [0, 0.1) is 5.92 Å². The summed E-state index contributed by atoms with van der Waals surface area (Å²) in [6.45, 7) is 4.05. The first-order valence-corrected chi connectivity index (χ1v) is 9.96. The van der Waals surface area contributed by atoms with Gasteiger partial charge in [0.1, 0.15) is 11.5 Å². The van der Waals surface area contributed by atoms with Gasteiger partial charge in [-0.2, -0.15) is 0 Å². The van der Waals surface area contributed by atoms with Crippen molar-refractivity contribution in [2.75, 3.05) is 27.3 Å². The molecule has 1 saturated heterocycles. The first-order chi connectivity index (χ1) is 13.0. The number of likely N-dealkylation sites (tertiary alicyclic amines) is 1. The molecule has 0 aliphatic carbocycles. The SMILES string of the molecule is COc1ccc(C(=O)C2CCCN(Cc3csc(C(C)=O)c3)C2)c(OC)c1. The predicted octanol–water partition coefficient (Wildman–Crippen LogP) is 4.06. The number of hydrogen-bond donors (Lipinski definition) is 0. The largest absolute Gasteiger partial charge is 0.497 e. The van der Waals surface area contributed by atoms with E-state index in [1.54, 1.807) is 39.3 Å². The van der Waals surface area contributed by atoms with Crippen molar-refractivity contribution in [2.24, 2.45) is 5.92 Å². The Morgan fingerprint density at radius 3 is 2.70 bits per heavy atom. The van der Waals surface area contributed by atoms with Crippen molar-refractivity contribution in [3.63, 3.8) is 0 Å². The molecule has 6 heteroatoms. The minimum Gasteiger partial charge on any atom is -0.497 e. The van der Waals surface area contributed by atoms with E-state index in [1.165, 1.54) is 11.3 Å². The van der Waals surface area contributed by atoms with Crippen LogP contribution in [0.15, 0.2) is 29.6 Å². The lowest BCUT2D eigenvalue weighted by Crippen LogP contribution is -2.38. The summed E-state index contributed by atoms with van der Waals surface area (Å²) in [5.41, 5.74) is 1.75. The first-order valence-electron chi connectivity index (χ1n) is 9.08. The number of carbonyl (C=O) groups excluding carboxylic acids is 2. The minimum absolute atomic E-state index is 0.0491. The molecule has 3 rings (SSSR count). The summed E-state index contributed by atoms with van der Waals surface area (Å²) in [5, 5.41) is 2.04. The Balaban J connectivity index is 1.70. The van der Waals surface area contributed by atoms with Crippen LogP contribution >= 0.6 is 11.3 Å². The molecule has 1 aromatic heterocycles. The highest BCUT2D eigenvalue weighted by molar-refractivity contribution is 7.12. The van der Waals surface area contributed by atoms with Gasteiger partial charge in [-0.3, -0.25) is 14.5 Å². The molecule has 0 saturated carbocycles. The van der Waals surface area contributed by atoms with Gasteiger partial charge in [0.2, 0.25) is 0 Å². The fourth-order valence-electron chi connectivity index (χ4n) is 3.54. The summed E-state index contributed by atoms with van der Waals surface area (Å²) in [4.78, 5) is 27.7. The van der Waals surface area contributed by atoms with Crippen molar-refractivity contribution in [3.8, 4) is 11.5 Å². The second-order valence-corrected chi connectivity index (χ2v) is 7.79. The highest BCUT2D eigenvalue weighted by Crippen LogP contribution is 2.30. The summed E-state index contributed by atoms with van der Waals surface area (Å²) >= 11 is 1.49. The number of benzene rings is 1. The number of ether oxygens (including phenoxy) is 2. The van der Waals surface area contributed by atoms with Gasteiger partial charge in [0.05, 0.1) is 24.7 Å². The first kappa shape index (κ1) is 19.6. The molecule has 0 amide bonds. The van der Waals surface area contributed by atoms with Crippen LogP contribution in [0.25, 0.3) is 0 Å². The average molecular weight is 388 g/mol. The number of Topliss-reactive ketones (excluding diaryl/α,β-unsaturated/α-hetero) is 2. The third-order valence-corrected chi connectivity index (χ3v) is 6.04. The number of methoxy groups -OCH3 is 2. The van der Waals surface area contributed by atoms with E-state index in [9.17, 15) is 9.59 Å². The summed E-state index contributed by atoms with van der Waals surface area (Å²) in [7, 11) is 3.17. The highest BCUT2D eigenvalue weighted by atomic mass is 32.1. The molecule has 2 aromatic rings. The summed E-state index contributed by atoms with van der Waals surface area (Å²) in [6, 6.07) is 7.30. The standard InChI is InChI=1S/C21H25NO4S/c1-14(23)20-9-15(13-27-20)11-22-8-4-5-16(12-22)21(24)18-7-6-17(25-2)10-19(18)26-3/h6-7,9-10,13,16H,4-5,8,11-12H2,1-3H3. The minimum atomic E-state index is -0.0491. The number of piperidine rings is 1. The fraction of sp³-hybridized carbons (Fsp3) is 0.429. The number of ketones is 2. The van der Waals surface area contributed by atoms with Gasteiger partial charge >= 0.3 is 0 Å². The molecule has 1 aromatic carbocycles. The molecule has 2 heterocycles. The van der Waals surface area contributed by atoms with Crippen LogP contribution < -0.4 is 9.47 Å². The normalized spacial score (nSPS) is 17.5. The van der Waals surface area contributed by atoms with Crippen LogP contribution in [0.2, 0.25) is 0 Å². The van der Waals surface area contributed by atoms with Gasteiger partial charge < -0.3 is 9.47 Å². The number of nitrogens with zero attached hydrogens (tertiary/aromatic N) is 1. The van der Waals surface area contributed by atoms with Gasteiger partial charge in [0.25, 0.3) is 0 Å². The summed E-state index contributed by atoms with van der Waals surface area (Å²) < 4.78 is 10.6. The van der Waals surface area contributed by atoms with E-state index in [2.05, 4.69) is 4.90 Å². The molecular formula is C21H25NO4S. The van der Waals surface area contributed by atoms with Crippen molar-refractivity contribution >= 4 is 22.9 Å². The monoisotopic (exact) mass is 387 g/mol. The van der Waals surface area contributed by atoms with Gasteiger partial charge in [-0.15, -0.1) is 11.3 Å². The lowest BCUT2D eigenvalue weighted by molar-refractivity contribution is 0.0808. The van der Waals surface area contributed by atoms with E-state index >= 15 is 0 Å². The van der Waals surface area contributed by atoms with Gasteiger partial charge in [0.15, 0.2) is 11.6 Å². The van der Waals surface area contributed by atoms with Gasteiger partial charge in [-0.1, -0.05) is 0 Å². The Bertz CT molecular complexity index is 829. The van der Waals surface area contributed by atoms with Gasteiger partial charge in [-0.05, 0) is 55.5 Å². The maximum atomic E-state index is 13.1. The lowest BCUT2D eigenvalue weighted by atomic mass is 9.89. The predicted molar refractivity (Wildman–Crippen MR) is 106 cm³/mol. The average Bonchev–Trinajstić information content (AvgIpc) is 3.16. The van der Waals surface area contributed by atoms with Crippen molar-refractivity contribution in [2.45, 2.75) is 26.3 Å². The third-order valence-electron chi connectivity index (χ3n) is 4.96. The zero-order valence-corrected chi connectivity index (χ0v) is 16.8. The Morgan fingerprint density at radius 1 is 1.22 bits per heavy atom. The Labute approximate surface area is 163 Å². The molecule has 1 aliphatic rings. The smallest absolute Gasteiger partial charge is 0.170 e. The van der Waals surface area contributed by atoms with Crippen LogP contribution in [0.5, 0.6) is 11.5 Å². The molecule has 144 valence electrons. The van der Waals surface area contributed by atoms with Gasteiger partial charge in [0, 0.05) is 25.1 Å². The van der Waals surface area contributed by atoms with Crippen LogP contribution in [0.3, 0.4) is 0 Å². The molecule has 0 N–H and O–H groups in total. The molecule has 5 nitrogen and oxygen atoms in total. The summed E-state index contributed by atoms with van der Waals surface area (Å²) in [6.07, 6.45) is 1.87. The van der Waals surface area contributed by atoms with Crippen LogP contribution in [-0.2, 0) is 6.54 Å². The molecular weight excluding hydrogens is 362 g/mol. The Kier molecular flexibility index (Phi) is 6.29. The fourth-order valence-corrected chi connectivity index (χ4v) is 4.34. The number of thiophene rings is 1. The zero-order chi connectivity index (χ0) is 19.4. The number of rotatable bonds is 7. The molecule has 0 spiro atoms. The maximum Gasteiger partial charge on any atom is 0.170 e. The van der Waals surface area contributed by atoms with E-state index in [4.69, 9.17) is 9.47 Å². The molecule has 1 aliphatic heterocycles. The summed E-state index contributed by atoms with van der Waals surface area (Å²) in [5.74, 6) is 1.40. The number of hydrogen-bond acceptors (Lipinski definition) is 6. The molecule has 0 radical (unpaired) electrons. The van der Waals surface area contributed by atoms with Crippen LogP contribution in [0.1, 0.15) is 45.4 Å². The Hall–Kier alpha value is -2.18. The molecule has 27 heavy (non-hydrogen) atoms. The zero-order valence-electron chi connectivity index (χ0n) is 16.0. The van der Waals surface area contributed by atoms with E-state index in [0.717, 1.165) is 42.9 Å². The van der Waals surface area contributed by atoms with Gasteiger partial charge in [-0.25, -0.2) is 0 Å². The van der Waals surface area contributed by atoms with E-state index < -0.39 is 0 Å². The molecule has 1 atom stereocenters. The third kappa shape index (κ3) is 4.57. The molecule has 1 fully saturated rings. The van der Waals surface area contributed by atoms with Crippen LogP contribution in [0.4, 0.5) is 0 Å². The lowest BCUT2D eigenvalue weighted by Gasteiger charge is -2.32. The van der Waals surface area contributed by atoms with E-state index in [-0.39, 0.29) is 17.5 Å². The van der Waals surface area contributed by atoms with E-state index in [1.807, 2.05) is 11.4 Å². The highest BCUT2D eigenvalue weighted by Gasteiger charge is 2.28. The van der Waals surface area contributed by atoms with Crippen LogP contribution in [-0.4, -0.2) is 43.8 Å². The molecule has 0 bridgehead atoms. The van der Waals surface area contributed by atoms with Crippen molar-refractivity contribution in [1.29, 1.82) is 0 Å². The maximum absolute atomic E-state index is 13.1. The van der Waals surface area contributed by atoms with Crippen molar-refractivity contribution in [1.82, 2.24) is 4.90 Å². The topological polar surface area (TPSA) is 55.8 Å². The number of carbonyl (C=O) groups is 2. The quantitative estimate of drug-likeness (QED) is 0.671. The molecule has 1 unspecified atom stereocenters. The second kappa shape index (κ2) is 8.67. The Morgan fingerprint density at radius 2 is 2.04 bits per heavy atom. The second-order valence-electron chi connectivity index (χ2n) is 6.88. The van der Waals surface area contributed by atoms with E-state index in [0.29, 0.717) is 17.1 Å². The van der Waals surface area contributed by atoms with Crippen molar-refractivity contribution in [3.05, 3.63) is 45.6 Å².